The molecule has 0 atom stereocenters. The van der Waals surface area contributed by atoms with Gasteiger partial charge < -0.3 is 10.6 Å². The van der Waals surface area contributed by atoms with Crippen molar-refractivity contribution < 1.29 is 0 Å². The normalized spacial score (nSPS) is 10.9. The zero-order valence-electron chi connectivity index (χ0n) is 15.1. The van der Waals surface area contributed by atoms with Crippen molar-refractivity contribution in [3.63, 3.8) is 0 Å². The van der Waals surface area contributed by atoms with Crippen LogP contribution in [0, 0.1) is 33.6 Å². The van der Waals surface area contributed by atoms with Gasteiger partial charge in [-0.05, 0) is 51.2 Å². The Labute approximate surface area is 139 Å². The Morgan fingerprint density at radius 3 is 2.13 bits per heavy atom. The molecule has 124 valence electrons. The van der Waals surface area contributed by atoms with E-state index in [1.807, 2.05) is 13.0 Å². The van der Waals surface area contributed by atoms with Gasteiger partial charge in [0.05, 0.1) is 0 Å². The molecular weight excluding hydrogens is 284 g/mol. The van der Waals surface area contributed by atoms with Gasteiger partial charge in [-0.15, -0.1) is 0 Å². The second-order valence-corrected chi connectivity index (χ2v) is 6.69. The third-order valence-corrected chi connectivity index (χ3v) is 3.80. The topological polar surface area (TPSA) is 49.8 Å². The smallest absolute Gasteiger partial charge is 0.136 e. The molecule has 0 unspecified atom stereocenters. The maximum absolute atomic E-state index is 4.51. The van der Waals surface area contributed by atoms with Gasteiger partial charge in [0.2, 0.25) is 0 Å². The number of hydrogen-bond acceptors (Lipinski definition) is 4. The van der Waals surface area contributed by atoms with E-state index in [0.29, 0.717) is 5.92 Å². The fraction of sp³-hybridized carbons (Fsp3) is 0.474. The predicted octanol–water partition coefficient (Wildman–Crippen LogP) is 4.91. The molecule has 0 aliphatic rings. The number of anilines is 3. The molecular formula is C19H28N4. The molecule has 0 spiro atoms. The first-order valence-electron chi connectivity index (χ1n) is 8.29. The zero-order chi connectivity index (χ0) is 17.0. The van der Waals surface area contributed by atoms with Gasteiger partial charge in [-0.3, -0.25) is 0 Å². The minimum Gasteiger partial charge on any atom is -0.370 e. The molecule has 0 aliphatic carbocycles. The van der Waals surface area contributed by atoms with Crippen LogP contribution in [0.3, 0.4) is 0 Å². The Morgan fingerprint density at radius 1 is 0.913 bits per heavy atom. The summed E-state index contributed by atoms with van der Waals surface area (Å²) in [5, 5.41) is 6.85. The molecule has 2 N–H and O–H groups in total. The second kappa shape index (κ2) is 7.44. The summed E-state index contributed by atoms with van der Waals surface area (Å²) in [5.74, 6) is 3.16. The lowest BCUT2D eigenvalue weighted by Gasteiger charge is -2.15. The van der Waals surface area contributed by atoms with Crippen LogP contribution in [0.4, 0.5) is 17.3 Å². The fourth-order valence-corrected chi connectivity index (χ4v) is 2.72. The van der Waals surface area contributed by atoms with Crippen molar-refractivity contribution in [1.82, 2.24) is 9.97 Å². The summed E-state index contributed by atoms with van der Waals surface area (Å²) in [6.45, 7) is 13.7. The van der Waals surface area contributed by atoms with Crippen molar-refractivity contribution >= 4 is 17.3 Å². The molecule has 0 fully saturated rings. The second-order valence-electron chi connectivity index (χ2n) is 6.69. The molecule has 0 saturated heterocycles. The third kappa shape index (κ3) is 4.95. The Hall–Kier alpha value is -2.10. The van der Waals surface area contributed by atoms with Crippen LogP contribution >= 0.6 is 0 Å². The maximum atomic E-state index is 4.51. The van der Waals surface area contributed by atoms with Crippen molar-refractivity contribution in [2.24, 2.45) is 5.92 Å². The molecule has 0 bridgehead atoms. The minimum atomic E-state index is 0.681. The highest BCUT2D eigenvalue weighted by Gasteiger charge is 2.07. The van der Waals surface area contributed by atoms with Crippen molar-refractivity contribution in [2.75, 3.05) is 17.2 Å². The molecule has 0 aliphatic heterocycles. The summed E-state index contributed by atoms with van der Waals surface area (Å²) in [7, 11) is 0. The molecule has 23 heavy (non-hydrogen) atoms. The molecule has 1 heterocycles. The Morgan fingerprint density at radius 2 is 1.52 bits per heavy atom. The standard InChI is InChI=1S/C19H28N4/c1-12(2)7-8-20-17-11-18(22-16(6)21-17)23-19-14(4)9-13(3)10-15(19)5/h9-12H,7-8H2,1-6H3,(H2,20,21,22,23). The lowest BCUT2D eigenvalue weighted by atomic mass is 10.1. The van der Waals surface area contributed by atoms with Crippen LogP contribution in [-0.4, -0.2) is 16.5 Å². The van der Waals surface area contributed by atoms with E-state index in [-0.39, 0.29) is 0 Å². The summed E-state index contributed by atoms with van der Waals surface area (Å²) in [6.07, 6.45) is 1.13. The lowest BCUT2D eigenvalue weighted by Crippen LogP contribution is -2.08. The third-order valence-electron chi connectivity index (χ3n) is 3.80. The van der Waals surface area contributed by atoms with Crippen molar-refractivity contribution in [3.05, 3.63) is 40.7 Å². The highest BCUT2D eigenvalue weighted by atomic mass is 15.1. The Bertz CT molecular complexity index is 654. The van der Waals surface area contributed by atoms with Crippen LogP contribution in [0.15, 0.2) is 18.2 Å². The number of benzene rings is 1. The monoisotopic (exact) mass is 312 g/mol. The first-order chi connectivity index (χ1) is 10.8. The number of nitrogens with zero attached hydrogens (tertiary/aromatic N) is 2. The molecule has 1 aromatic carbocycles. The molecule has 2 aromatic rings. The SMILES string of the molecule is Cc1cc(C)c(Nc2cc(NCCC(C)C)nc(C)n2)c(C)c1. The van der Waals surface area contributed by atoms with Gasteiger partial charge in [-0.2, -0.15) is 0 Å². The van der Waals surface area contributed by atoms with Gasteiger partial charge in [0, 0.05) is 18.3 Å². The molecule has 4 heteroatoms. The van der Waals surface area contributed by atoms with Crippen LogP contribution in [0.2, 0.25) is 0 Å². The van der Waals surface area contributed by atoms with Gasteiger partial charge in [0.1, 0.15) is 17.5 Å². The summed E-state index contributed by atoms with van der Waals surface area (Å²) >= 11 is 0. The van der Waals surface area contributed by atoms with E-state index < -0.39 is 0 Å². The summed E-state index contributed by atoms with van der Waals surface area (Å²) < 4.78 is 0. The van der Waals surface area contributed by atoms with Crippen LogP contribution in [0.25, 0.3) is 0 Å². The number of aromatic nitrogens is 2. The highest BCUT2D eigenvalue weighted by Crippen LogP contribution is 2.26. The van der Waals surface area contributed by atoms with Crippen molar-refractivity contribution in [3.8, 4) is 0 Å². The van der Waals surface area contributed by atoms with Gasteiger partial charge in [-0.1, -0.05) is 31.5 Å². The largest absolute Gasteiger partial charge is 0.370 e. The number of hydrogen-bond donors (Lipinski definition) is 2. The summed E-state index contributed by atoms with van der Waals surface area (Å²) in [6, 6.07) is 6.35. The first-order valence-corrected chi connectivity index (χ1v) is 8.29. The van der Waals surface area contributed by atoms with E-state index in [1.165, 1.54) is 16.7 Å². The van der Waals surface area contributed by atoms with Gasteiger partial charge >= 0.3 is 0 Å². The number of aryl methyl sites for hydroxylation is 4. The van der Waals surface area contributed by atoms with E-state index in [2.05, 4.69) is 67.4 Å². The quantitative estimate of drug-likeness (QED) is 0.795. The highest BCUT2D eigenvalue weighted by molar-refractivity contribution is 5.66. The van der Waals surface area contributed by atoms with E-state index >= 15 is 0 Å². The van der Waals surface area contributed by atoms with Crippen LogP contribution in [0.5, 0.6) is 0 Å². The Kier molecular flexibility index (Phi) is 5.59. The van der Waals surface area contributed by atoms with Crippen LogP contribution in [-0.2, 0) is 0 Å². The predicted molar refractivity (Wildman–Crippen MR) is 98.6 cm³/mol. The minimum absolute atomic E-state index is 0.681. The molecule has 1 aromatic heterocycles. The van der Waals surface area contributed by atoms with Crippen LogP contribution in [0.1, 0.15) is 42.8 Å². The molecule has 0 amide bonds. The zero-order valence-corrected chi connectivity index (χ0v) is 15.1. The van der Waals surface area contributed by atoms with E-state index in [1.54, 1.807) is 0 Å². The van der Waals surface area contributed by atoms with Gasteiger partial charge in [0.15, 0.2) is 0 Å². The summed E-state index contributed by atoms with van der Waals surface area (Å²) in [5.41, 5.74) is 4.86. The van der Waals surface area contributed by atoms with Crippen LogP contribution < -0.4 is 10.6 Å². The molecule has 0 radical (unpaired) electrons. The van der Waals surface area contributed by atoms with Crippen molar-refractivity contribution in [2.45, 2.75) is 48.0 Å². The Balaban J connectivity index is 2.19. The number of nitrogens with one attached hydrogen (secondary N) is 2. The van der Waals surface area contributed by atoms with Gasteiger partial charge in [-0.25, -0.2) is 9.97 Å². The number of rotatable bonds is 6. The summed E-state index contributed by atoms with van der Waals surface area (Å²) in [4.78, 5) is 8.98. The lowest BCUT2D eigenvalue weighted by molar-refractivity contribution is 0.606. The van der Waals surface area contributed by atoms with E-state index in [9.17, 15) is 0 Å². The fourth-order valence-electron chi connectivity index (χ4n) is 2.72. The van der Waals surface area contributed by atoms with Gasteiger partial charge in [0.25, 0.3) is 0 Å². The average Bonchev–Trinajstić information content (AvgIpc) is 2.42. The first kappa shape index (κ1) is 17.3. The average molecular weight is 312 g/mol. The molecule has 2 rings (SSSR count). The van der Waals surface area contributed by atoms with E-state index in [4.69, 9.17) is 0 Å². The maximum Gasteiger partial charge on any atom is 0.136 e. The van der Waals surface area contributed by atoms with E-state index in [0.717, 1.165) is 36.1 Å². The molecule has 0 saturated carbocycles. The van der Waals surface area contributed by atoms with Crippen molar-refractivity contribution in [1.29, 1.82) is 0 Å². The molecule has 4 nitrogen and oxygen atoms in total.